The highest BCUT2D eigenvalue weighted by Gasteiger charge is 2.49. The van der Waals surface area contributed by atoms with Crippen molar-refractivity contribution in [1.82, 2.24) is 4.90 Å². The maximum Gasteiger partial charge on any atom is 0.119 e. The molecule has 0 aromatic heterocycles. The summed E-state index contributed by atoms with van der Waals surface area (Å²) in [4.78, 5) is 2.29. The van der Waals surface area contributed by atoms with Crippen molar-refractivity contribution in [2.75, 3.05) is 20.7 Å². The zero-order valence-electron chi connectivity index (χ0n) is 11.3. The third-order valence-corrected chi connectivity index (χ3v) is 4.93. The van der Waals surface area contributed by atoms with Crippen LogP contribution in [0.25, 0.3) is 0 Å². The van der Waals surface area contributed by atoms with Gasteiger partial charge < -0.3 is 14.7 Å². The summed E-state index contributed by atoms with van der Waals surface area (Å²) in [6.07, 6.45) is 1.66. The van der Waals surface area contributed by atoms with Crippen LogP contribution in [0.3, 0.4) is 0 Å². The van der Waals surface area contributed by atoms with Gasteiger partial charge in [0.1, 0.15) is 5.75 Å². The monoisotopic (exact) mass is 247 g/mol. The number of piperidine rings is 1. The predicted octanol–water partition coefficient (Wildman–Crippen LogP) is 1.57. The molecule has 0 spiro atoms. The number of aliphatic hydroxyl groups is 1. The lowest BCUT2D eigenvalue weighted by atomic mass is 9.63. The summed E-state index contributed by atoms with van der Waals surface area (Å²) >= 11 is 0. The van der Waals surface area contributed by atoms with E-state index in [1.807, 2.05) is 6.07 Å². The van der Waals surface area contributed by atoms with Gasteiger partial charge in [0, 0.05) is 11.5 Å². The number of methoxy groups -OCH3 is 1. The molecule has 1 aliphatic carbocycles. The van der Waals surface area contributed by atoms with Gasteiger partial charge in [-0.1, -0.05) is 13.0 Å². The molecule has 1 saturated heterocycles. The molecule has 2 aliphatic rings. The normalized spacial score (nSPS) is 35.1. The van der Waals surface area contributed by atoms with Gasteiger partial charge in [-0.3, -0.25) is 0 Å². The van der Waals surface area contributed by atoms with E-state index in [9.17, 15) is 5.11 Å². The van der Waals surface area contributed by atoms with Crippen molar-refractivity contribution in [2.24, 2.45) is 0 Å². The zero-order chi connectivity index (χ0) is 12.9. The van der Waals surface area contributed by atoms with Crippen LogP contribution in [0.4, 0.5) is 0 Å². The van der Waals surface area contributed by atoms with E-state index in [0.717, 1.165) is 25.1 Å². The summed E-state index contributed by atoms with van der Waals surface area (Å²) in [7, 11) is 3.81. The molecule has 1 fully saturated rings. The smallest absolute Gasteiger partial charge is 0.119 e. The summed E-state index contributed by atoms with van der Waals surface area (Å²) < 4.78 is 5.33. The Bertz CT molecular complexity index is 474. The summed E-state index contributed by atoms with van der Waals surface area (Å²) in [5.74, 6) is 0.888. The van der Waals surface area contributed by atoms with Crippen molar-refractivity contribution in [3.63, 3.8) is 0 Å². The van der Waals surface area contributed by atoms with E-state index >= 15 is 0 Å². The average molecular weight is 247 g/mol. The molecule has 0 amide bonds. The lowest BCUT2D eigenvalue weighted by Crippen LogP contribution is -2.61. The highest BCUT2D eigenvalue weighted by Crippen LogP contribution is 2.45. The van der Waals surface area contributed by atoms with E-state index in [-0.39, 0.29) is 17.6 Å². The Morgan fingerprint density at radius 1 is 1.44 bits per heavy atom. The first-order valence-corrected chi connectivity index (χ1v) is 6.62. The minimum atomic E-state index is -0.282. The number of likely N-dealkylation sites (N-methyl/N-ethyl adjacent to an activating group) is 1. The third-order valence-electron chi connectivity index (χ3n) is 4.93. The molecule has 3 heteroatoms. The van der Waals surface area contributed by atoms with E-state index in [2.05, 4.69) is 31.0 Å². The first kappa shape index (κ1) is 12.0. The van der Waals surface area contributed by atoms with Crippen LogP contribution in [0, 0.1) is 0 Å². The van der Waals surface area contributed by atoms with E-state index in [0.29, 0.717) is 0 Å². The maximum absolute atomic E-state index is 10.6. The van der Waals surface area contributed by atoms with Gasteiger partial charge in [0.2, 0.25) is 0 Å². The Morgan fingerprint density at radius 3 is 2.94 bits per heavy atom. The molecule has 1 unspecified atom stereocenters. The van der Waals surface area contributed by atoms with E-state index < -0.39 is 0 Å². The minimum Gasteiger partial charge on any atom is -0.497 e. The molecule has 1 heterocycles. The van der Waals surface area contributed by atoms with Gasteiger partial charge in [-0.2, -0.15) is 0 Å². The van der Waals surface area contributed by atoms with Gasteiger partial charge >= 0.3 is 0 Å². The van der Waals surface area contributed by atoms with Crippen molar-refractivity contribution >= 4 is 0 Å². The topological polar surface area (TPSA) is 32.7 Å². The molecule has 18 heavy (non-hydrogen) atoms. The fourth-order valence-electron chi connectivity index (χ4n) is 3.57. The molecule has 2 bridgehead atoms. The summed E-state index contributed by atoms with van der Waals surface area (Å²) in [6, 6.07) is 6.55. The van der Waals surface area contributed by atoms with Crippen LogP contribution in [0.1, 0.15) is 24.5 Å². The van der Waals surface area contributed by atoms with Gasteiger partial charge in [0.15, 0.2) is 0 Å². The SMILES string of the molecule is COc1ccc2c(c1)[C@]1(C)CCN(C)[C@H](C2)C1O. The van der Waals surface area contributed by atoms with Crippen LogP contribution in [-0.4, -0.2) is 42.9 Å². The molecule has 0 saturated carbocycles. The molecule has 0 radical (unpaired) electrons. The highest BCUT2D eigenvalue weighted by atomic mass is 16.5. The van der Waals surface area contributed by atoms with Crippen LogP contribution in [0.2, 0.25) is 0 Å². The molecular formula is C15H21NO2. The second-order valence-electron chi connectivity index (χ2n) is 5.89. The number of aliphatic hydroxyl groups excluding tert-OH is 1. The number of nitrogens with zero attached hydrogens (tertiary/aromatic N) is 1. The Labute approximate surface area is 108 Å². The standard InChI is InChI=1S/C15H21NO2/c1-15-6-7-16(2)13(14(15)17)8-10-4-5-11(18-3)9-12(10)15/h4-5,9,13-14,17H,6-8H2,1-3H3/t13-,14?,15+/m1/s1. The molecule has 3 atom stereocenters. The Hall–Kier alpha value is -1.06. The van der Waals surface area contributed by atoms with Crippen LogP contribution in [0.5, 0.6) is 5.75 Å². The summed E-state index contributed by atoms with van der Waals surface area (Å²) in [5.41, 5.74) is 2.51. The van der Waals surface area contributed by atoms with Crippen molar-refractivity contribution in [1.29, 1.82) is 0 Å². The van der Waals surface area contributed by atoms with Crippen LogP contribution < -0.4 is 4.74 Å². The Morgan fingerprint density at radius 2 is 2.22 bits per heavy atom. The van der Waals surface area contributed by atoms with Crippen LogP contribution in [0.15, 0.2) is 18.2 Å². The van der Waals surface area contributed by atoms with Gasteiger partial charge in [-0.25, -0.2) is 0 Å². The molecular weight excluding hydrogens is 226 g/mol. The summed E-state index contributed by atoms with van der Waals surface area (Å²) in [6.45, 7) is 3.24. The van der Waals surface area contributed by atoms with Crippen molar-refractivity contribution in [3.05, 3.63) is 29.3 Å². The number of ether oxygens (including phenoxy) is 1. The quantitative estimate of drug-likeness (QED) is 0.817. The average Bonchev–Trinajstić information content (AvgIpc) is 2.38. The molecule has 1 N–H and O–H groups in total. The van der Waals surface area contributed by atoms with Crippen molar-refractivity contribution < 1.29 is 9.84 Å². The lowest BCUT2D eigenvalue weighted by Gasteiger charge is -2.52. The van der Waals surface area contributed by atoms with E-state index in [1.54, 1.807) is 7.11 Å². The molecule has 1 aromatic rings. The van der Waals surface area contributed by atoms with Crippen LogP contribution >= 0.6 is 0 Å². The molecule has 1 aliphatic heterocycles. The van der Waals surface area contributed by atoms with Crippen molar-refractivity contribution in [3.8, 4) is 5.75 Å². The van der Waals surface area contributed by atoms with Gasteiger partial charge in [0.05, 0.1) is 13.2 Å². The fraction of sp³-hybridized carbons (Fsp3) is 0.600. The Balaban J connectivity index is 2.13. The number of rotatable bonds is 1. The number of hydrogen-bond donors (Lipinski definition) is 1. The zero-order valence-corrected chi connectivity index (χ0v) is 11.3. The number of fused-ring (bicyclic) bond motifs is 4. The van der Waals surface area contributed by atoms with Gasteiger partial charge in [-0.15, -0.1) is 0 Å². The first-order chi connectivity index (χ1) is 8.56. The number of benzene rings is 1. The maximum atomic E-state index is 10.6. The lowest BCUT2D eigenvalue weighted by molar-refractivity contribution is -0.0407. The molecule has 98 valence electrons. The summed E-state index contributed by atoms with van der Waals surface area (Å²) in [5, 5.41) is 10.6. The predicted molar refractivity (Wildman–Crippen MR) is 71.1 cm³/mol. The third kappa shape index (κ3) is 1.50. The minimum absolute atomic E-state index is 0.126. The fourth-order valence-corrected chi connectivity index (χ4v) is 3.57. The van der Waals surface area contributed by atoms with Gasteiger partial charge in [-0.05, 0) is 49.7 Å². The largest absolute Gasteiger partial charge is 0.497 e. The van der Waals surface area contributed by atoms with Crippen molar-refractivity contribution in [2.45, 2.75) is 37.3 Å². The number of likely N-dealkylation sites (tertiary alicyclic amines) is 1. The van der Waals surface area contributed by atoms with Crippen LogP contribution in [-0.2, 0) is 11.8 Å². The first-order valence-electron chi connectivity index (χ1n) is 6.62. The Kier molecular flexibility index (Phi) is 2.65. The number of hydrogen-bond acceptors (Lipinski definition) is 3. The van der Waals surface area contributed by atoms with E-state index in [4.69, 9.17) is 4.74 Å². The van der Waals surface area contributed by atoms with E-state index in [1.165, 1.54) is 11.1 Å². The molecule has 1 aromatic carbocycles. The second-order valence-corrected chi connectivity index (χ2v) is 5.89. The molecule has 3 nitrogen and oxygen atoms in total. The second kappa shape index (κ2) is 3.97. The highest BCUT2D eigenvalue weighted by molar-refractivity contribution is 5.45. The van der Waals surface area contributed by atoms with Gasteiger partial charge in [0.25, 0.3) is 0 Å². The molecule has 3 rings (SSSR count).